The lowest BCUT2D eigenvalue weighted by Crippen LogP contribution is -2.35. The van der Waals surface area contributed by atoms with Crippen molar-refractivity contribution >= 4 is 45.1 Å². The van der Waals surface area contributed by atoms with E-state index in [4.69, 9.17) is 11.6 Å². The molecule has 35 heavy (non-hydrogen) atoms. The van der Waals surface area contributed by atoms with E-state index in [-0.39, 0.29) is 33.5 Å². The van der Waals surface area contributed by atoms with Gasteiger partial charge in [0.25, 0.3) is 0 Å². The zero-order valence-corrected chi connectivity index (χ0v) is 21.4. The number of rotatable bonds is 8. The Morgan fingerprint density at radius 3 is 2.20 bits per heavy atom. The summed E-state index contributed by atoms with van der Waals surface area (Å²) in [5.41, 5.74) is 2.20. The molecular formula is C26H29ClN2O5S. The van der Waals surface area contributed by atoms with Gasteiger partial charge < -0.3 is 15.7 Å². The number of halogens is 1. The Hall–Kier alpha value is -3.36. The number of nitrogens with one attached hydrogen (secondary N) is 2. The third-order valence-corrected chi connectivity index (χ3v) is 7.46. The van der Waals surface area contributed by atoms with Crippen LogP contribution in [0.2, 0.25) is 5.02 Å². The van der Waals surface area contributed by atoms with Crippen molar-refractivity contribution in [3.05, 3.63) is 82.9 Å². The summed E-state index contributed by atoms with van der Waals surface area (Å²) in [5, 5.41) is 13.4. The first-order valence-electron chi connectivity index (χ1n) is 11.0. The fourth-order valence-electron chi connectivity index (χ4n) is 3.23. The molecule has 0 aliphatic heterocycles. The number of aromatic hydroxyl groups is 1. The molecule has 0 aliphatic carbocycles. The molecule has 0 spiro atoms. The molecule has 9 heteroatoms. The molecule has 3 aromatic rings. The van der Waals surface area contributed by atoms with Crippen LogP contribution in [0.15, 0.2) is 71.6 Å². The zero-order valence-electron chi connectivity index (χ0n) is 19.8. The lowest BCUT2D eigenvalue weighted by atomic mass is 10.2. The van der Waals surface area contributed by atoms with Gasteiger partial charge in [0.1, 0.15) is 11.0 Å². The molecular weight excluding hydrogens is 488 g/mol. The van der Waals surface area contributed by atoms with Crippen LogP contribution < -0.4 is 10.6 Å². The fraction of sp³-hybridized carbons (Fsp3) is 0.231. The summed E-state index contributed by atoms with van der Waals surface area (Å²) >= 11 is 6.08. The molecule has 0 aromatic heterocycles. The molecule has 1 atom stereocenters. The average Bonchev–Trinajstić information content (AvgIpc) is 2.81. The molecule has 0 aliphatic rings. The van der Waals surface area contributed by atoms with Gasteiger partial charge in [0.15, 0.2) is 9.84 Å². The Morgan fingerprint density at radius 2 is 1.66 bits per heavy atom. The van der Waals surface area contributed by atoms with Crippen molar-refractivity contribution in [1.29, 1.82) is 0 Å². The van der Waals surface area contributed by atoms with Crippen LogP contribution >= 0.6 is 11.6 Å². The fourth-order valence-corrected chi connectivity index (χ4v) is 5.27. The van der Waals surface area contributed by atoms with Crippen LogP contribution in [0.1, 0.15) is 30.9 Å². The van der Waals surface area contributed by atoms with Gasteiger partial charge in [-0.25, -0.2) is 8.42 Å². The molecule has 0 fully saturated rings. The SMILES string of the molecule is CCCC(C(=O)Nc1cc(O)c(NC=O)cc1Cl)S(=O)(=O)c1cccc(C)c1.Cc1ccccc1. The number of anilines is 2. The second-order valence-electron chi connectivity index (χ2n) is 7.89. The van der Waals surface area contributed by atoms with Crippen LogP contribution in [0.5, 0.6) is 5.75 Å². The van der Waals surface area contributed by atoms with E-state index in [1.54, 1.807) is 26.0 Å². The van der Waals surface area contributed by atoms with Gasteiger partial charge in [-0.15, -0.1) is 0 Å². The molecule has 3 N–H and O–H groups in total. The number of hydrogen-bond donors (Lipinski definition) is 3. The standard InChI is InChI=1S/C19H21ClN2O5S.C7H8/c1-3-5-18(28(26,27)13-7-4-6-12(2)8-13)19(25)22-15-10-17(24)16(21-11-23)9-14(15)20;1-7-5-3-2-4-6-7/h4,6-11,18,24H,3,5H2,1-2H3,(H,21,23)(H,22,25);2-6H,1H3. The van der Waals surface area contributed by atoms with E-state index in [1.165, 1.54) is 23.8 Å². The van der Waals surface area contributed by atoms with Crippen LogP contribution in [0, 0.1) is 13.8 Å². The number of phenols is 1. The Kier molecular flexibility index (Phi) is 10.3. The molecule has 0 heterocycles. The van der Waals surface area contributed by atoms with Crippen molar-refractivity contribution < 1.29 is 23.1 Å². The van der Waals surface area contributed by atoms with Gasteiger partial charge >= 0.3 is 0 Å². The Labute approximate surface area is 211 Å². The summed E-state index contributed by atoms with van der Waals surface area (Å²) in [4.78, 5) is 23.4. The van der Waals surface area contributed by atoms with E-state index >= 15 is 0 Å². The summed E-state index contributed by atoms with van der Waals surface area (Å²) in [5.74, 6) is -1.07. The molecule has 0 bridgehead atoms. The molecule has 3 aromatic carbocycles. The average molecular weight is 517 g/mol. The minimum Gasteiger partial charge on any atom is -0.506 e. The minimum atomic E-state index is -3.92. The third kappa shape index (κ3) is 7.83. The van der Waals surface area contributed by atoms with Gasteiger partial charge in [-0.1, -0.05) is 73.0 Å². The van der Waals surface area contributed by atoms with Crippen molar-refractivity contribution in [2.45, 2.75) is 43.8 Å². The molecule has 0 saturated carbocycles. The molecule has 3 rings (SSSR count). The predicted molar refractivity (Wildman–Crippen MR) is 140 cm³/mol. The first kappa shape index (κ1) is 27.9. The van der Waals surface area contributed by atoms with Crippen molar-refractivity contribution in [3.63, 3.8) is 0 Å². The molecule has 1 unspecified atom stereocenters. The maximum atomic E-state index is 13.0. The summed E-state index contributed by atoms with van der Waals surface area (Å²) in [6, 6.07) is 19.0. The van der Waals surface area contributed by atoms with Crippen molar-refractivity contribution in [1.82, 2.24) is 0 Å². The third-order valence-electron chi connectivity index (χ3n) is 5.03. The monoisotopic (exact) mass is 516 g/mol. The quantitative estimate of drug-likeness (QED) is 0.270. The van der Waals surface area contributed by atoms with Gasteiger partial charge in [0, 0.05) is 6.07 Å². The Balaban J connectivity index is 0.000000527. The van der Waals surface area contributed by atoms with Crippen molar-refractivity contribution in [2.24, 2.45) is 0 Å². The van der Waals surface area contributed by atoms with E-state index in [1.807, 2.05) is 18.2 Å². The molecule has 0 radical (unpaired) electrons. The van der Waals surface area contributed by atoms with Gasteiger partial charge in [-0.3, -0.25) is 9.59 Å². The smallest absolute Gasteiger partial charge is 0.243 e. The molecule has 0 saturated heterocycles. The molecule has 186 valence electrons. The second-order valence-corrected chi connectivity index (χ2v) is 10.4. The topological polar surface area (TPSA) is 113 Å². The van der Waals surface area contributed by atoms with E-state index in [0.717, 1.165) is 11.6 Å². The van der Waals surface area contributed by atoms with E-state index in [0.29, 0.717) is 12.8 Å². The van der Waals surface area contributed by atoms with E-state index in [2.05, 4.69) is 29.7 Å². The van der Waals surface area contributed by atoms with Crippen LogP contribution in [0.4, 0.5) is 11.4 Å². The zero-order chi connectivity index (χ0) is 26.0. The number of benzene rings is 3. The summed E-state index contributed by atoms with van der Waals surface area (Å²) in [7, 11) is -3.92. The normalized spacial score (nSPS) is 11.5. The highest BCUT2D eigenvalue weighted by Crippen LogP contribution is 2.34. The minimum absolute atomic E-state index is 0.0405. The maximum absolute atomic E-state index is 13.0. The van der Waals surface area contributed by atoms with Gasteiger partial charge in [-0.05, 0) is 44.0 Å². The summed E-state index contributed by atoms with van der Waals surface area (Å²) < 4.78 is 26.0. The highest BCUT2D eigenvalue weighted by atomic mass is 35.5. The predicted octanol–water partition coefficient (Wildman–Crippen LogP) is 5.50. The number of phenolic OH excluding ortho intramolecular Hbond substituents is 1. The van der Waals surface area contributed by atoms with Gasteiger partial charge in [-0.2, -0.15) is 0 Å². The van der Waals surface area contributed by atoms with Crippen LogP contribution in [0.25, 0.3) is 0 Å². The Morgan fingerprint density at radius 1 is 1.00 bits per heavy atom. The molecule has 2 amide bonds. The van der Waals surface area contributed by atoms with Gasteiger partial charge in [0.05, 0.1) is 21.3 Å². The maximum Gasteiger partial charge on any atom is 0.243 e. The summed E-state index contributed by atoms with van der Waals surface area (Å²) in [6.45, 7) is 5.64. The van der Waals surface area contributed by atoms with E-state index in [9.17, 15) is 23.1 Å². The first-order chi connectivity index (χ1) is 16.6. The second kappa shape index (κ2) is 12.9. The van der Waals surface area contributed by atoms with Gasteiger partial charge in [0.2, 0.25) is 12.3 Å². The van der Waals surface area contributed by atoms with Crippen LogP contribution in [-0.2, 0) is 19.4 Å². The number of carbonyl (C=O) groups is 2. The van der Waals surface area contributed by atoms with Crippen molar-refractivity contribution in [2.75, 3.05) is 10.6 Å². The first-order valence-corrected chi connectivity index (χ1v) is 12.9. The van der Waals surface area contributed by atoms with E-state index < -0.39 is 21.0 Å². The van der Waals surface area contributed by atoms with Crippen molar-refractivity contribution in [3.8, 4) is 5.75 Å². The number of carbonyl (C=O) groups excluding carboxylic acids is 2. The molecule has 7 nitrogen and oxygen atoms in total. The Bertz CT molecular complexity index is 1260. The van der Waals surface area contributed by atoms with Crippen LogP contribution in [-0.4, -0.2) is 31.1 Å². The highest BCUT2D eigenvalue weighted by Gasteiger charge is 2.33. The number of amides is 2. The highest BCUT2D eigenvalue weighted by molar-refractivity contribution is 7.92. The largest absolute Gasteiger partial charge is 0.506 e. The lowest BCUT2D eigenvalue weighted by Gasteiger charge is -2.18. The number of hydrogen-bond acceptors (Lipinski definition) is 5. The number of aryl methyl sites for hydroxylation is 2. The summed E-state index contributed by atoms with van der Waals surface area (Å²) in [6.07, 6.45) is 0.968. The lowest BCUT2D eigenvalue weighted by molar-refractivity contribution is -0.116. The van der Waals surface area contributed by atoms with Crippen LogP contribution in [0.3, 0.4) is 0 Å². The number of sulfone groups is 1.